The molecule has 6 aromatic carbocycles. The van der Waals surface area contributed by atoms with Gasteiger partial charge in [-0.05, 0) is 127 Å². The van der Waals surface area contributed by atoms with E-state index in [1.807, 2.05) is 23.6 Å². The summed E-state index contributed by atoms with van der Waals surface area (Å²) in [6.45, 7) is 21.3. The van der Waals surface area contributed by atoms with Crippen molar-refractivity contribution < 1.29 is 81.3 Å². The standard InChI is InChI=1S/C30H33ClF2N6O3.C30H32ClF2N5O3.C29H26ClF8N5O3/c1-4-25(40)37-11-12-38(18(2)15-37)29-22-14-23(31)26(21-6-5-19(32)13-24(21)33)28-27(22)39(30(41)34-29)20(17-42-28)16-36-9-7-35(3)8-10-36;1-3-25(39)36-11-12-37(18(2)15-36)29-22-14-23(31)26(21-8-7-19(32)13-24(21)33)28-27(22)38(30(40)34-29)20(17-41-28)16-35-9-5-4-6-10-35;1-3-22(44)41-6-7-42(15(2)10-41)26-19-9-20(30)23(18-5-4-16(31)8-21(18)32)25-24(19)43(27(45)39-26)17(12-46-25)11-40(13-28(33,34)35)14-29(36,37)38/h4-6,13-14,18,20H,1,7-12,15-17H2,2-3H3;3,7-8,13-14,18,20H,1,4-6,9-12,15-17H2,2H3;3-5,8-9,15,17H,1,6-7,10-14H2,2H3/t2*18-,20?;15-,17?/m000/s1. The summed E-state index contributed by atoms with van der Waals surface area (Å²) in [5.74, 6) is -4.21. The third-order valence-corrected chi connectivity index (χ3v) is 25.6. The van der Waals surface area contributed by atoms with Crippen molar-refractivity contribution in [3.8, 4) is 50.6 Å². The van der Waals surface area contributed by atoms with Crippen LogP contribution in [0.4, 0.5) is 70.1 Å². The zero-order valence-corrected chi connectivity index (χ0v) is 72.9. The number of carbonyl (C=O) groups is 3. The van der Waals surface area contributed by atoms with Crippen LogP contribution in [0.2, 0.25) is 15.1 Å². The number of amides is 3. The SMILES string of the molecule is C=CC(=O)N1CCN(c2nc(=O)n3c4c(c(-c5ccc(F)cc5F)c(Cl)cc24)OCC3CN(CC(F)(F)F)CC(F)(F)F)[C@@H](C)C1.C=CC(=O)N1CCN(c2nc(=O)n3c4c(c(-c5ccc(F)cc5F)c(Cl)cc24)OCC3CN2CCCCC2)[C@@H](C)C1.C=CC(=O)N1CCN(c2nc(=O)n3c4c(c(-c5ccc(F)cc5F)c(Cl)cc24)OCC3CN2CCN(C)CC2)[C@@H](C)C1. The summed E-state index contributed by atoms with van der Waals surface area (Å²) in [5.41, 5.74) is -0.619. The van der Waals surface area contributed by atoms with Gasteiger partial charge in [0.2, 0.25) is 17.7 Å². The maximum Gasteiger partial charge on any atom is 0.401 e. The molecule has 8 aliphatic rings. The number of ether oxygens (including phenoxy) is 3. The molecule has 8 aliphatic heterocycles. The molecular weight excluding hydrogens is 1770 g/mol. The van der Waals surface area contributed by atoms with E-state index in [1.165, 1.54) is 53.8 Å². The Bertz CT molecular complexity index is 6100. The number of hydrogen-bond acceptors (Lipinski definition) is 19. The largest absolute Gasteiger partial charge is 0.488 e. The number of likely N-dealkylation sites (N-methyl/N-ethyl adjacent to an activating group) is 1. The molecule has 0 aliphatic carbocycles. The molecule has 0 bridgehead atoms. The Labute approximate surface area is 747 Å². The molecule has 9 aromatic rings. The Balaban J connectivity index is 0.000000149. The number of halogens is 15. The van der Waals surface area contributed by atoms with Crippen LogP contribution >= 0.6 is 34.8 Å². The number of aromatic nitrogens is 6. The van der Waals surface area contributed by atoms with Gasteiger partial charge in [-0.15, -0.1) is 0 Å². The zero-order valence-electron chi connectivity index (χ0n) is 70.6. The molecule has 0 radical (unpaired) electrons. The Morgan fingerprint density at radius 3 is 1.05 bits per heavy atom. The van der Waals surface area contributed by atoms with Crippen molar-refractivity contribution in [2.45, 2.75) is 88.6 Å². The highest BCUT2D eigenvalue weighted by Crippen LogP contribution is 2.52. The molecule has 25 nitrogen and oxygen atoms in total. The van der Waals surface area contributed by atoms with Crippen LogP contribution < -0.4 is 46.0 Å². The van der Waals surface area contributed by atoms with E-state index in [0.29, 0.717) is 91.9 Å². The number of piperazine rings is 4. The fraction of sp³-hybridized carbons (Fsp3) is 0.427. The summed E-state index contributed by atoms with van der Waals surface area (Å²) in [4.78, 5) is 109. The number of likely N-dealkylation sites (tertiary alicyclic amines) is 1. The van der Waals surface area contributed by atoms with Crippen molar-refractivity contribution in [3.05, 3.63) is 192 Å². The number of benzene rings is 6. The Kier molecular flexibility index (Phi) is 27.2. The van der Waals surface area contributed by atoms with E-state index >= 15 is 13.2 Å². The number of carbonyl (C=O) groups excluding carboxylic acids is 3. The van der Waals surface area contributed by atoms with E-state index < -0.39 is 103 Å². The summed E-state index contributed by atoms with van der Waals surface area (Å²) in [7, 11) is 2.09. The fourth-order valence-electron chi connectivity index (χ4n) is 18.6. The predicted molar refractivity (Wildman–Crippen MR) is 466 cm³/mol. The topological polar surface area (TPSA) is 216 Å². The molecule has 129 heavy (non-hydrogen) atoms. The molecule has 6 atom stereocenters. The van der Waals surface area contributed by atoms with Gasteiger partial charge >= 0.3 is 29.4 Å². The molecule has 3 unspecified atom stereocenters. The van der Waals surface area contributed by atoms with Crippen molar-refractivity contribution in [2.24, 2.45) is 0 Å². The molecule has 5 fully saturated rings. The molecule has 5 saturated heterocycles. The second-order valence-corrected chi connectivity index (χ2v) is 34.6. The van der Waals surface area contributed by atoms with E-state index in [0.717, 1.165) is 87.0 Å². The lowest BCUT2D eigenvalue weighted by molar-refractivity contribution is -0.181. The van der Waals surface area contributed by atoms with E-state index in [2.05, 4.69) is 56.4 Å². The molecule has 0 spiro atoms. The van der Waals surface area contributed by atoms with Crippen molar-refractivity contribution >= 4 is 103 Å². The van der Waals surface area contributed by atoms with Gasteiger partial charge < -0.3 is 53.4 Å². The molecule has 3 aromatic heterocycles. The molecule has 17 rings (SSSR count). The van der Waals surface area contributed by atoms with Gasteiger partial charge in [-0.3, -0.25) is 37.9 Å². The van der Waals surface area contributed by atoms with Crippen LogP contribution in [0.5, 0.6) is 17.2 Å². The second-order valence-electron chi connectivity index (χ2n) is 33.4. The summed E-state index contributed by atoms with van der Waals surface area (Å²) in [6.07, 6.45) is -2.84. The lowest BCUT2D eigenvalue weighted by Crippen LogP contribution is -2.54. The monoisotopic (exact) mass is 1860 g/mol. The van der Waals surface area contributed by atoms with Crippen molar-refractivity contribution in [1.82, 2.24) is 63.0 Å². The van der Waals surface area contributed by atoms with E-state index in [-0.39, 0.29) is 162 Å². The first-order valence-electron chi connectivity index (χ1n) is 42.0. The minimum Gasteiger partial charge on any atom is -0.488 e. The van der Waals surface area contributed by atoms with Crippen LogP contribution in [0.3, 0.4) is 0 Å². The number of alkyl halides is 6. The van der Waals surface area contributed by atoms with Crippen LogP contribution in [-0.4, -0.2) is 269 Å². The number of hydrogen-bond donors (Lipinski definition) is 0. The van der Waals surface area contributed by atoms with Crippen LogP contribution in [0.25, 0.3) is 66.1 Å². The summed E-state index contributed by atoms with van der Waals surface area (Å²) >= 11 is 20.3. The average Bonchev–Trinajstić information content (AvgIpc) is 0.727. The first-order chi connectivity index (χ1) is 61.4. The highest BCUT2D eigenvalue weighted by Gasteiger charge is 2.44. The molecular formula is C89H91Cl3F12N16O9. The quantitative estimate of drug-likeness (QED) is 0.0611. The van der Waals surface area contributed by atoms with Gasteiger partial charge in [0.05, 0.1) is 62.8 Å². The molecule has 0 saturated carbocycles. The van der Waals surface area contributed by atoms with Crippen molar-refractivity contribution in [2.75, 3.05) is 172 Å². The zero-order chi connectivity index (χ0) is 92.3. The highest BCUT2D eigenvalue weighted by atomic mass is 35.5. The van der Waals surface area contributed by atoms with Gasteiger partial charge in [-0.1, -0.05) is 61.0 Å². The van der Waals surface area contributed by atoms with E-state index in [9.17, 15) is 68.3 Å². The Morgan fingerprint density at radius 1 is 0.442 bits per heavy atom. The van der Waals surface area contributed by atoms with Crippen LogP contribution in [0.15, 0.2) is 125 Å². The normalized spacial score (nSPS) is 20.4. The van der Waals surface area contributed by atoms with Crippen molar-refractivity contribution in [1.29, 1.82) is 0 Å². The number of rotatable bonds is 17. The number of piperidine rings is 1. The maximum atomic E-state index is 15.1. The number of nitrogens with zero attached hydrogens (tertiary/aromatic N) is 16. The lowest BCUT2D eigenvalue weighted by atomic mass is 9.99. The van der Waals surface area contributed by atoms with Gasteiger partial charge in [0, 0.05) is 191 Å². The van der Waals surface area contributed by atoms with Crippen LogP contribution in [0, 0.1) is 34.9 Å². The highest BCUT2D eigenvalue weighted by molar-refractivity contribution is 6.36. The van der Waals surface area contributed by atoms with Gasteiger partial charge in [0.15, 0.2) is 17.2 Å². The molecule has 3 amide bonds. The lowest BCUT2D eigenvalue weighted by Gasteiger charge is -2.41. The third-order valence-electron chi connectivity index (χ3n) is 24.7. The minimum atomic E-state index is -4.99. The fourth-order valence-corrected chi connectivity index (χ4v) is 19.5. The minimum absolute atomic E-state index is 0.0652. The summed E-state index contributed by atoms with van der Waals surface area (Å²) in [6, 6.07) is 11.2. The van der Waals surface area contributed by atoms with Crippen LogP contribution in [0.1, 0.15) is 58.2 Å². The molecule has 686 valence electrons. The maximum absolute atomic E-state index is 15.1. The number of anilines is 3. The van der Waals surface area contributed by atoms with Gasteiger partial charge in [-0.2, -0.15) is 41.3 Å². The molecule has 40 heteroatoms. The van der Waals surface area contributed by atoms with Crippen LogP contribution in [-0.2, 0) is 14.4 Å². The third kappa shape index (κ3) is 19.2. The average molecular weight is 1860 g/mol. The second kappa shape index (κ2) is 37.9. The molecule has 0 N–H and O–H groups in total. The van der Waals surface area contributed by atoms with Gasteiger partial charge in [0.25, 0.3) is 0 Å². The summed E-state index contributed by atoms with van der Waals surface area (Å²) in [5, 5.41) is 1.64. The van der Waals surface area contributed by atoms with E-state index in [1.54, 1.807) is 42.9 Å². The van der Waals surface area contributed by atoms with Gasteiger partial charge in [-0.25, -0.2) is 40.7 Å². The predicted octanol–water partition coefficient (Wildman–Crippen LogP) is 13.6. The Morgan fingerprint density at radius 2 is 0.752 bits per heavy atom. The first-order valence-corrected chi connectivity index (χ1v) is 43.2. The van der Waals surface area contributed by atoms with Gasteiger partial charge in [0.1, 0.15) is 72.2 Å². The molecule has 11 heterocycles. The van der Waals surface area contributed by atoms with E-state index in [4.69, 9.17) is 49.0 Å². The van der Waals surface area contributed by atoms with Crippen molar-refractivity contribution in [3.63, 3.8) is 0 Å². The summed E-state index contributed by atoms with van der Waals surface area (Å²) < 4.78 is 189. The first kappa shape index (κ1) is 92.7. The smallest absolute Gasteiger partial charge is 0.401 e. The Hall–Kier alpha value is -11.0.